The van der Waals surface area contributed by atoms with E-state index in [4.69, 9.17) is 5.21 Å². The van der Waals surface area contributed by atoms with Gasteiger partial charge in [-0.15, -0.1) is 0 Å². The molecule has 0 amide bonds. The van der Waals surface area contributed by atoms with Gasteiger partial charge in [0.05, 0.1) is 6.21 Å². The molecule has 46 valence electrons. The van der Waals surface area contributed by atoms with Crippen LogP contribution in [0.2, 0.25) is 0 Å². The van der Waals surface area contributed by atoms with Crippen molar-refractivity contribution in [1.29, 1.82) is 0 Å². The fourth-order valence-electron chi connectivity index (χ4n) is 0.516. The van der Waals surface area contributed by atoms with Gasteiger partial charge in [-0.05, 0) is 17.7 Å². The van der Waals surface area contributed by atoms with Crippen LogP contribution >= 0.6 is 0 Å². The van der Waals surface area contributed by atoms with E-state index in [-0.39, 0.29) is 0 Å². The lowest BCUT2D eigenvalue weighted by Crippen LogP contribution is -1.78. The van der Waals surface area contributed by atoms with Gasteiger partial charge in [-0.1, -0.05) is 5.16 Å². The second kappa shape index (κ2) is 2.81. The number of oxime groups is 1. The molecule has 1 aromatic heterocycles. The number of hydrogen-bond acceptors (Lipinski definition) is 3. The largest absolute Gasteiger partial charge is 0.411 e. The first-order chi connectivity index (χ1) is 4.43. The van der Waals surface area contributed by atoms with Crippen LogP contribution in [-0.4, -0.2) is 16.4 Å². The van der Waals surface area contributed by atoms with Crippen LogP contribution in [0.5, 0.6) is 0 Å². The third-order valence-corrected chi connectivity index (χ3v) is 0.913. The van der Waals surface area contributed by atoms with Crippen LogP contribution in [0.25, 0.3) is 0 Å². The predicted molar refractivity (Wildman–Crippen MR) is 33.6 cm³/mol. The topological polar surface area (TPSA) is 45.5 Å². The van der Waals surface area contributed by atoms with E-state index in [9.17, 15) is 0 Å². The molecule has 1 heterocycles. The van der Waals surface area contributed by atoms with E-state index in [1.54, 1.807) is 24.5 Å². The molecule has 0 bridgehead atoms. The molecule has 0 aliphatic rings. The standard InChI is InChI=1S/C6H6N2O/c9-8-5-6-1-3-7-4-2-6/h1-5,9H. The van der Waals surface area contributed by atoms with Crippen molar-refractivity contribution in [2.24, 2.45) is 5.16 Å². The maximum absolute atomic E-state index is 8.07. The third-order valence-electron chi connectivity index (χ3n) is 0.913. The summed E-state index contributed by atoms with van der Waals surface area (Å²) in [5.41, 5.74) is 0.840. The fourth-order valence-corrected chi connectivity index (χ4v) is 0.516. The lowest BCUT2D eigenvalue weighted by atomic mass is 10.3. The Morgan fingerprint density at radius 2 is 2.11 bits per heavy atom. The average Bonchev–Trinajstić information content (AvgIpc) is 1.91. The van der Waals surface area contributed by atoms with E-state index in [0.717, 1.165) is 5.56 Å². The molecule has 0 aliphatic heterocycles. The van der Waals surface area contributed by atoms with Crippen molar-refractivity contribution < 1.29 is 5.21 Å². The monoisotopic (exact) mass is 122 g/mol. The van der Waals surface area contributed by atoms with Gasteiger partial charge < -0.3 is 5.21 Å². The van der Waals surface area contributed by atoms with Crippen molar-refractivity contribution in [2.75, 3.05) is 0 Å². The van der Waals surface area contributed by atoms with Crippen molar-refractivity contribution in [3.05, 3.63) is 30.1 Å². The van der Waals surface area contributed by atoms with E-state index in [0.29, 0.717) is 0 Å². The summed E-state index contributed by atoms with van der Waals surface area (Å²) in [5.74, 6) is 0. The molecular weight excluding hydrogens is 116 g/mol. The number of nitrogens with zero attached hydrogens (tertiary/aromatic N) is 2. The van der Waals surface area contributed by atoms with Gasteiger partial charge in [0.25, 0.3) is 0 Å². The first kappa shape index (κ1) is 5.75. The Hall–Kier alpha value is -1.38. The van der Waals surface area contributed by atoms with Crippen molar-refractivity contribution in [2.45, 2.75) is 0 Å². The van der Waals surface area contributed by atoms with E-state index >= 15 is 0 Å². The normalized spacial score (nSPS) is 10.2. The first-order valence-electron chi connectivity index (χ1n) is 2.51. The highest BCUT2D eigenvalue weighted by Gasteiger charge is 1.80. The Kier molecular flexibility index (Phi) is 1.80. The summed E-state index contributed by atoms with van der Waals surface area (Å²) in [7, 11) is 0. The molecule has 0 spiro atoms. The van der Waals surface area contributed by atoms with Gasteiger partial charge in [-0.25, -0.2) is 0 Å². The fraction of sp³-hybridized carbons (Fsp3) is 0. The zero-order chi connectivity index (χ0) is 6.53. The lowest BCUT2D eigenvalue weighted by molar-refractivity contribution is 0.322. The summed E-state index contributed by atoms with van der Waals surface area (Å²) >= 11 is 0. The Balaban J connectivity index is 2.85. The second-order valence-electron chi connectivity index (χ2n) is 1.53. The summed E-state index contributed by atoms with van der Waals surface area (Å²) < 4.78 is 0. The van der Waals surface area contributed by atoms with Crippen molar-refractivity contribution in [3.8, 4) is 0 Å². The second-order valence-corrected chi connectivity index (χ2v) is 1.53. The van der Waals surface area contributed by atoms with Gasteiger partial charge in [0.2, 0.25) is 0 Å². The molecule has 0 saturated heterocycles. The molecule has 0 aromatic carbocycles. The van der Waals surface area contributed by atoms with Crippen LogP contribution in [-0.2, 0) is 0 Å². The number of pyridine rings is 1. The van der Waals surface area contributed by atoms with Crippen LogP contribution < -0.4 is 0 Å². The highest BCUT2D eigenvalue weighted by Crippen LogP contribution is 1.89. The van der Waals surface area contributed by atoms with Gasteiger partial charge in [-0.2, -0.15) is 0 Å². The molecule has 1 N–H and O–H groups in total. The maximum atomic E-state index is 8.07. The summed E-state index contributed by atoms with van der Waals surface area (Å²) in [6, 6.07) is 3.50. The molecule has 1 aromatic rings. The van der Waals surface area contributed by atoms with Crippen LogP contribution in [0.15, 0.2) is 29.7 Å². The van der Waals surface area contributed by atoms with Gasteiger partial charge in [0, 0.05) is 12.4 Å². The third kappa shape index (κ3) is 1.53. The van der Waals surface area contributed by atoms with Crippen LogP contribution in [0.3, 0.4) is 0 Å². The van der Waals surface area contributed by atoms with E-state index in [1.165, 1.54) is 6.21 Å². The van der Waals surface area contributed by atoms with E-state index in [2.05, 4.69) is 10.1 Å². The molecule has 1 rings (SSSR count). The van der Waals surface area contributed by atoms with Gasteiger partial charge in [0.1, 0.15) is 0 Å². The molecule has 9 heavy (non-hydrogen) atoms. The van der Waals surface area contributed by atoms with Crippen LogP contribution in [0.4, 0.5) is 0 Å². The minimum atomic E-state index is 0.840. The zero-order valence-corrected chi connectivity index (χ0v) is 4.73. The zero-order valence-electron chi connectivity index (χ0n) is 4.73. The predicted octanol–water partition coefficient (Wildman–Crippen LogP) is 0.890. The maximum Gasteiger partial charge on any atom is 0.0734 e. The Labute approximate surface area is 52.7 Å². The summed E-state index contributed by atoms with van der Waals surface area (Å²) in [4.78, 5) is 3.78. The number of hydrogen-bond donors (Lipinski definition) is 1. The van der Waals surface area contributed by atoms with Crippen molar-refractivity contribution >= 4 is 6.21 Å². The Morgan fingerprint density at radius 1 is 1.44 bits per heavy atom. The van der Waals surface area contributed by atoms with Crippen molar-refractivity contribution in [1.82, 2.24) is 4.98 Å². The summed E-state index contributed by atoms with van der Waals surface area (Å²) in [6.45, 7) is 0. The molecule has 3 heteroatoms. The molecule has 0 aliphatic carbocycles. The highest BCUT2D eigenvalue weighted by atomic mass is 16.4. The lowest BCUT2D eigenvalue weighted by Gasteiger charge is -1.84. The van der Waals surface area contributed by atoms with E-state index < -0.39 is 0 Å². The average molecular weight is 122 g/mol. The number of aromatic nitrogens is 1. The van der Waals surface area contributed by atoms with Crippen LogP contribution in [0, 0.1) is 0 Å². The SMILES string of the molecule is ON=Cc1ccncc1. The van der Waals surface area contributed by atoms with Gasteiger partial charge in [-0.3, -0.25) is 4.98 Å². The molecule has 3 nitrogen and oxygen atoms in total. The Bertz CT molecular complexity index is 195. The molecule has 0 radical (unpaired) electrons. The van der Waals surface area contributed by atoms with E-state index in [1.807, 2.05) is 0 Å². The summed E-state index contributed by atoms with van der Waals surface area (Å²) in [5, 5.41) is 10.9. The van der Waals surface area contributed by atoms with Crippen molar-refractivity contribution in [3.63, 3.8) is 0 Å². The molecule has 0 fully saturated rings. The molecule has 0 saturated carbocycles. The van der Waals surface area contributed by atoms with Gasteiger partial charge in [0.15, 0.2) is 0 Å². The van der Waals surface area contributed by atoms with Gasteiger partial charge >= 0.3 is 0 Å². The quantitative estimate of drug-likeness (QED) is 0.341. The minimum Gasteiger partial charge on any atom is -0.411 e. The smallest absolute Gasteiger partial charge is 0.0734 e. The minimum absolute atomic E-state index is 0.840. The summed E-state index contributed by atoms with van der Waals surface area (Å²) in [6.07, 6.45) is 4.62. The first-order valence-corrected chi connectivity index (χ1v) is 2.51. The highest BCUT2D eigenvalue weighted by molar-refractivity contribution is 5.78. The number of rotatable bonds is 1. The van der Waals surface area contributed by atoms with Crippen LogP contribution in [0.1, 0.15) is 5.56 Å². The molecule has 0 atom stereocenters. The Morgan fingerprint density at radius 3 is 2.67 bits per heavy atom. The molecule has 0 unspecified atom stereocenters. The molecular formula is C6H6N2O.